The molecule has 19 heteroatoms. The van der Waals surface area contributed by atoms with Crippen molar-refractivity contribution >= 4 is 5.91 Å². The molecule has 550 valence electrons. The zero-order chi connectivity index (χ0) is 70.4. The molecule has 17 unspecified atom stereocenters. The minimum Gasteiger partial charge on any atom is -0.394 e. The predicted octanol–water partition coefficient (Wildman–Crippen LogP) is 10.5. The molecule has 3 fully saturated rings. The van der Waals surface area contributed by atoms with Crippen molar-refractivity contribution in [2.24, 2.45) is 0 Å². The van der Waals surface area contributed by atoms with Gasteiger partial charge in [-0.1, -0.05) is 223 Å². The zero-order valence-corrected chi connectivity index (χ0v) is 58.2. The Morgan fingerprint density at radius 1 is 0.381 bits per heavy atom. The number of unbranched alkanes of at least 4 members (excludes halogenated alkanes) is 13. The number of hydrogen-bond donors (Lipinski definition) is 12. The van der Waals surface area contributed by atoms with Crippen LogP contribution >= 0.6 is 0 Å². The van der Waals surface area contributed by atoms with Crippen molar-refractivity contribution in [2.75, 3.05) is 26.4 Å². The molecule has 0 aromatic carbocycles. The highest BCUT2D eigenvalue weighted by Gasteiger charge is 2.53. The van der Waals surface area contributed by atoms with E-state index in [9.17, 15) is 61.0 Å². The summed E-state index contributed by atoms with van der Waals surface area (Å²) in [7, 11) is 0. The lowest BCUT2D eigenvalue weighted by Crippen LogP contribution is -2.66. The summed E-state index contributed by atoms with van der Waals surface area (Å²) < 4.78 is 34.3. The molecule has 0 aromatic rings. The quantitative estimate of drug-likeness (QED) is 0.0199. The maximum Gasteiger partial charge on any atom is 0.220 e. The molecule has 0 spiro atoms. The van der Waals surface area contributed by atoms with Crippen LogP contribution in [0.4, 0.5) is 0 Å². The Labute approximate surface area is 580 Å². The van der Waals surface area contributed by atoms with Crippen LogP contribution in [0.25, 0.3) is 0 Å². The van der Waals surface area contributed by atoms with E-state index in [1.54, 1.807) is 6.08 Å². The van der Waals surface area contributed by atoms with Gasteiger partial charge in [0, 0.05) is 6.42 Å². The highest BCUT2D eigenvalue weighted by molar-refractivity contribution is 5.76. The zero-order valence-electron chi connectivity index (χ0n) is 58.2. The Balaban J connectivity index is 1.45. The summed E-state index contributed by atoms with van der Waals surface area (Å²) in [6.45, 7) is 1.53. The number of carbonyl (C=O) groups is 1. The topological polar surface area (TPSA) is 307 Å². The first-order chi connectivity index (χ1) is 47.3. The molecule has 3 heterocycles. The fraction of sp³-hybridized carbons (Fsp3) is 0.654. The maximum absolute atomic E-state index is 13.4. The summed E-state index contributed by atoms with van der Waals surface area (Å²) in [5.41, 5.74) is 0. The summed E-state index contributed by atoms with van der Waals surface area (Å²) >= 11 is 0. The Kier molecular flexibility index (Phi) is 51.0. The lowest BCUT2D eigenvalue weighted by atomic mass is 9.96. The average Bonchev–Trinajstić information content (AvgIpc) is 0.845. The lowest BCUT2D eigenvalue weighted by molar-refractivity contribution is -0.379. The average molecular weight is 1360 g/mol. The third-order valence-corrected chi connectivity index (χ3v) is 16.8. The maximum atomic E-state index is 13.4. The molecular formula is C78H125NO18. The Morgan fingerprint density at radius 3 is 1.15 bits per heavy atom. The van der Waals surface area contributed by atoms with Crippen LogP contribution in [-0.4, -0.2) is 193 Å². The molecule has 3 aliphatic rings. The minimum atomic E-state index is -2.00. The fourth-order valence-corrected chi connectivity index (χ4v) is 11.0. The summed E-state index contributed by atoms with van der Waals surface area (Å²) in [5.74, 6) is -0.339. The minimum absolute atomic E-state index is 0.165. The summed E-state index contributed by atoms with van der Waals surface area (Å²) in [6, 6.07) is -1.03. The van der Waals surface area contributed by atoms with Crippen molar-refractivity contribution < 1.29 is 89.4 Å². The molecule has 3 rings (SSSR count). The monoisotopic (exact) mass is 1360 g/mol. The van der Waals surface area contributed by atoms with E-state index in [1.165, 1.54) is 57.8 Å². The molecule has 3 saturated heterocycles. The van der Waals surface area contributed by atoms with Crippen molar-refractivity contribution in [3.8, 4) is 0 Å². The molecule has 1 amide bonds. The molecule has 0 bridgehead atoms. The van der Waals surface area contributed by atoms with E-state index in [0.29, 0.717) is 12.8 Å². The Bertz CT molecular complexity index is 2370. The molecule has 12 N–H and O–H groups in total. The number of rotatable bonds is 53. The van der Waals surface area contributed by atoms with E-state index >= 15 is 0 Å². The number of allylic oxidation sites excluding steroid dienone is 25. The SMILES string of the molecule is CC/C=C\C/C=C\C/C=C\C/C=C\C/C=C\C/C=C\C/C=C\C/C=C\C/C=C\C/C=C\CCCCC(=O)NC(COC1OC(CO)C(OC2OC(CO)C(OC3OC(CO)C(O)C(O)C3O)C(O)C2O)C(O)C1O)C(O)/C=C/CC/C=C/CC/C=C/CCCCCCCCCCC. The number of ether oxygens (including phenoxy) is 6. The number of aliphatic hydroxyl groups excluding tert-OH is 11. The van der Waals surface area contributed by atoms with E-state index in [2.05, 4.69) is 165 Å². The van der Waals surface area contributed by atoms with Crippen LogP contribution in [0.3, 0.4) is 0 Å². The number of carbonyl (C=O) groups excluding carboxylic acids is 1. The van der Waals surface area contributed by atoms with Crippen molar-refractivity contribution in [1.82, 2.24) is 5.32 Å². The van der Waals surface area contributed by atoms with E-state index in [0.717, 1.165) is 103 Å². The second kappa shape index (κ2) is 57.1. The van der Waals surface area contributed by atoms with E-state index in [-0.39, 0.29) is 12.3 Å². The van der Waals surface area contributed by atoms with Gasteiger partial charge in [0.2, 0.25) is 5.91 Å². The lowest BCUT2D eigenvalue weighted by Gasteiger charge is -2.48. The molecule has 97 heavy (non-hydrogen) atoms. The van der Waals surface area contributed by atoms with Gasteiger partial charge in [-0.3, -0.25) is 4.79 Å². The molecule has 3 aliphatic heterocycles. The predicted molar refractivity (Wildman–Crippen MR) is 382 cm³/mol. The summed E-state index contributed by atoms with van der Waals surface area (Å²) in [5, 5.41) is 121. The van der Waals surface area contributed by atoms with Gasteiger partial charge in [0.05, 0.1) is 38.6 Å². The van der Waals surface area contributed by atoms with Gasteiger partial charge in [-0.2, -0.15) is 0 Å². The Morgan fingerprint density at radius 2 is 0.722 bits per heavy atom. The summed E-state index contributed by atoms with van der Waals surface area (Å²) in [6.07, 6.45) is 56.5. The van der Waals surface area contributed by atoms with Gasteiger partial charge in [0.25, 0.3) is 0 Å². The molecule has 0 aromatic heterocycles. The largest absolute Gasteiger partial charge is 0.394 e. The normalized spacial score (nSPS) is 27.9. The first kappa shape index (κ1) is 86.6. The van der Waals surface area contributed by atoms with Crippen LogP contribution in [0.2, 0.25) is 0 Å². The standard InChI is InChI=1S/C78H125NO18/c1-3-5-7-9-11-13-15-17-19-21-23-24-25-26-27-28-29-30-31-32-33-34-35-36-38-40-42-44-46-48-50-52-54-56-66(84)79-61(62(83)55-53-51-49-47-45-43-41-39-37-22-20-18-16-14-12-10-8-6-4-2)60-92-76-72(90)69(87)74(64(58-81)94-76)97-78-73(91)70(88)75(65(59-82)95-78)96-77-71(89)68(86)67(85)63(57-80)93-77/h5,7,11,13,17,19,23-24,26-27,29-30,32-33,35-37,39-40,42,45-48,53,55,61-65,67-78,80-83,85-91H,3-4,6,8-10,12,14-16,18,20-22,25,28,31,34,38,41,43-44,49-52,54,56-60H2,1-2H3,(H,79,84)/b7-5-,13-11-,19-17-,24-23-,27-26-,30-29-,33-32-,36-35-,39-37+,42-40-,47-45+,48-46-,55-53+. The fourth-order valence-electron chi connectivity index (χ4n) is 11.0. The molecule has 19 nitrogen and oxygen atoms in total. The van der Waals surface area contributed by atoms with Gasteiger partial charge >= 0.3 is 0 Å². The van der Waals surface area contributed by atoms with Crippen molar-refractivity contribution in [1.29, 1.82) is 0 Å². The number of aliphatic hydroxyl groups is 11. The van der Waals surface area contributed by atoms with Crippen molar-refractivity contribution in [2.45, 2.75) is 298 Å². The van der Waals surface area contributed by atoms with Gasteiger partial charge in [-0.15, -0.1) is 0 Å². The van der Waals surface area contributed by atoms with Gasteiger partial charge < -0.3 is 89.9 Å². The molecule has 0 aliphatic carbocycles. The second-order valence-electron chi connectivity index (χ2n) is 24.9. The van der Waals surface area contributed by atoms with Gasteiger partial charge in [0.15, 0.2) is 18.9 Å². The van der Waals surface area contributed by atoms with Crippen LogP contribution in [0.1, 0.15) is 194 Å². The van der Waals surface area contributed by atoms with Crippen LogP contribution in [0.5, 0.6) is 0 Å². The molecule has 0 saturated carbocycles. The highest BCUT2D eigenvalue weighted by Crippen LogP contribution is 2.33. The van der Waals surface area contributed by atoms with E-state index < -0.39 is 131 Å². The number of nitrogens with one attached hydrogen (secondary N) is 1. The third-order valence-electron chi connectivity index (χ3n) is 16.8. The van der Waals surface area contributed by atoms with E-state index in [4.69, 9.17) is 28.4 Å². The third kappa shape index (κ3) is 38.1. The van der Waals surface area contributed by atoms with E-state index in [1.807, 2.05) is 6.08 Å². The molecule has 17 atom stereocenters. The van der Waals surface area contributed by atoms with Crippen molar-refractivity contribution in [3.05, 3.63) is 158 Å². The number of hydrogen-bond acceptors (Lipinski definition) is 18. The van der Waals surface area contributed by atoms with Crippen LogP contribution in [0.15, 0.2) is 158 Å². The van der Waals surface area contributed by atoms with Gasteiger partial charge in [0.1, 0.15) is 73.2 Å². The highest BCUT2D eigenvalue weighted by atomic mass is 16.8. The van der Waals surface area contributed by atoms with Crippen molar-refractivity contribution in [3.63, 3.8) is 0 Å². The van der Waals surface area contributed by atoms with Gasteiger partial charge in [-0.25, -0.2) is 0 Å². The van der Waals surface area contributed by atoms with Crippen LogP contribution < -0.4 is 5.32 Å². The summed E-state index contributed by atoms with van der Waals surface area (Å²) in [4.78, 5) is 13.4. The smallest absolute Gasteiger partial charge is 0.220 e. The first-order valence-corrected chi connectivity index (χ1v) is 36.2. The Hall–Kier alpha value is -4.59. The molecular weight excluding hydrogens is 1240 g/mol. The van der Waals surface area contributed by atoms with Crippen LogP contribution in [0, 0.1) is 0 Å². The second-order valence-corrected chi connectivity index (χ2v) is 24.9. The number of amides is 1. The first-order valence-electron chi connectivity index (χ1n) is 36.2. The van der Waals surface area contributed by atoms with Crippen LogP contribution in [-0.2, 0) is 33.2 Å². The molecule has 0 radical (unpaired) electrons. The van der Waals surface area contributed by atoms with Gasteiger partial charge in [-0.05, 0) is 122 Å².